The van der Waals surface area contributed by atoms with E-state index >= 15 is 0 Å². The molecule has 2 N–H and O–H groups in total. The van der Waals surface area contributed by atoms with Crippen LogP contribution < -0.4 is 10.6 Å². The first kappa shape index (κ1) is 13.5. The summed E-state index contributed by atoms with van der Waals surface area (Å²) in [4.78, 5) is 3.14. The van der Waals surface area contributed by atoms with Crippen LogP contribution in [0.3, 0.4) is 0 Å². The third-order valence-electron chi connectivity index (χ3n) is 4.68. The second-order valence-electron chi connectivity index (χ2n) is 6.11. The van der Waals surface area contributed by atoms with Gasteiger partial charge in [0.05, 0.1) is 0 Å². The third kappa shape index (κ3) is 2.78. The lowest BCUT2D eigenvalue weighted by Gasteiger charge is -2.18. The molecule has 0 radical (unpaired) electrons. The summed E-state index contributed by atoms with van der Waals surface area (Å²) in [6.07, 6.45) is 5.12. The summed E-state index contributed by atoms with van der Waals surface area (Å²) in [7, 11) is 0. The van der Waals surface area contributed by atoms with Crippen LogP contribution in [0, 0.1) is 0 Å². The molecule has 2 heterocycles. The van der Waals surface area contributed by atoms with E-state index in [0.717, 1.165) is 19.6 Å². The number of fused-ring (bicyclic) bond motifs is 2. The predicted octanol–water partition coefficient (Wildman–Crippen LogP) is 3.56. The van der Waals surface area contributed by atoms with Crippen molar-refractivity contribution in [2.45, 2.75) is 44.8 Å². The van der Waals surface area contributed by atoms with Crippen molar-refractivity contribution in [3.8, 4) is 0 Å². The van der Waals surface area contributed by atoms with E-state index in [1.165, 1.54) is 41.7 Å². The van der Waals surface area contributed by atoms with Gasteiger partial charge in [-0.3, -0.25) is 0 Å². The Kier molecular flexibility index (Phi) is 3.80. The van der Waals surface area contributed by atoms with Crippen molar-refractivity contribution in [3.05, 3.63) is 56.8 Å². The highest BCUT2D eigenvalue weighted by atomic mass is 32.1. The lowest BCUT2D eigenvalue weighted by atomic mass is 9.99. The Hall–Kier alpha value is -1.16. The van der Waals surface area contributed by atoms with Gasteiger partial charge in [0.15, 0.2) is 0 Å². The first-order chi connectivity index (χ1) is 10.4. The predicted molar refractivity (Wildman–Crippen MR) is 88.7 cm³/mol. The van der Waals surface area contributed by atoms with Crippen molar-refractivity contribution in [3.63, 3.8) is 0 Å². The lowest BCUT2D eigenvalue weighted by molar-refractivity contribution is 0.498. The van der Waals surface area contributed by atoms with Gasteiger partial charge in [-0.15, -0.1) is 11.3 Å². The monoisotopic (exact) mass is 298 g/mol. The van der Waals surface area contributed by atoms with Crippen LogP contribution in [0.5, 0.6) is 0 Å². The molecule has 110 valence electrons. The smallest absolute Gasteiger partial charge is 0.0338 e. The molecule has 21 heavy (non-hydrogen) atoms. The van der Waals surface area contributed by atoms with Crippen LogP contribution in [0.1, 0.15) is 45.3 Å². The van der Waals surface area contributed by atoms with Gasteiger partial charge in [-0.2, -0.15) is 0 Å². The van der Waals surface area contributed by atoms with Gasteiger partial charge < -0.3 is 10.6 Å². The van der Waals surface area contributed by atoms with E-state index in [0.29, 0.717) is 6.04 Å². The molecule has 0 fully saturated rings. The van der Waals surface area contributed by atoms with Crippen LogP contribution in [0.15, 0.2) is 30.3 Å². The second-order valence-corrected chi connectivity index (χ2v) is 7.33. The molecule has 1 aromatic heterocycles. The number of hydrogen-bond donors (Lipinski definition) is 2. The Morgan fingerprint density at radius 1 is 1.19 bits per heavy atom. The summed E-state index contributed by atoms with van der Waals surface area (Å²) in [6.45, 7) is 3.10. The lowest BCUT2D eigenvalue weighted by Crippen LogP contribution is -2.22. The Bertz CT molecular complexity index is 610. The number of benzene rings is 1. The molecule has 0 amide bonds. The first-order valence-electron chi connectivity index (χ1n) is 8.02. The molecule has 0 saturated heterocycles. The van der Waals surface area contributed by atoms with Gasteiger partial charge in [-0.05, 0) is 55.0 Å². The summed E-state index contributed by atoms with van der Waals surface area (Å²) < 4.78 is 0. The van der Waals surface area contributed by atoms with Gasteiger partial charge in [-0.1, -0.05) is 24.3 Å². The number of hydrogen-bond acceptors (Lipinski definition) is 3. The third-order valence-corrected chi connectivity index (χ3v) is 5.91. The number of rotatable bonds is 3. The molecule has 1 unspecified atom stereocenters. The fraction of sp³-hybridized carbons (Fsp3) is 0.444. The molecule has 1 atom stereocenters. The zero-order valence-electron chi connectivity index (χ0n) is 12.3. The highest BCUT2D eigenvalue weighted by Crippen LogP contribution is 2.31. The van der Waals surface area contributed by atoms with E-state index in [1.807, 2.05) is 11.3 Å². The summed E-state index contributed by atoms with van der Waals surface area (Å²) >= 11 is 2.02. The van der Waals surface area contributed by atoms with Gasteiger partial charge in [-0.25, -0.2) is 0 Å². The summed E-state index contributed by atoms with van der Waals surface area (Å²) in [5.74, 6) is 0. The molecule has 1 aliphatic heterocycles. The van der Waals surface area contributed by atoms with Crippen LogP contribution in [-0.4, -0.2) is 6.54 Å². The molecule has 0 bridgehead atoms. The van der Waals surface area contributed by atoms with Gasteiger partial charge >= 0.3 is 0 Å². The highest BCUT2D eigenvalue weighted by molar-refractivity contribution is 7.12. The number of nitrogens with one attached hydrogen (secondary N) is 2. The van der Waals surface area contributed by atoms with Crippen molar-refractivity contribution in [2.24, 2.45) is 0 Å². The first-order valence-corrected chi connectivity index (χ1v) is 8.84. The molecule has 1 aromatic carbocycles. The fourth-order valence-corrected chi connectivity index (χ4v) is 4.79. The van der Waals surface area contributed by atoms with Crippen molar-refractivity contribution in [1.82, 2.24) is 10.6 Å². The minimum atomic E-state index is 0.480. The molecular formula is C18H22N2S. The fourth-order valence-electron chi connectivity index (χ4n) is 3.57. The van der Waals surface area contributed by atoms with E-state index < -0.39 is 0 Å². The summed E-state index contributed by atoms with van der Waals surface area (Å²) in [5, 5.41) is 7.32. The minimum Gasteiger partial charge on any atom is -0.313 e. The van der Waals surface area contributed by atoms with Crippen LogP contribution in [0.2, 0.25) is 0 Å². The number of thiophene rings is 1. The van der Waals surface area contributed by atoms with E-state index in [-0.39, 0.29) is 0 Å². The molecule has 3 heteroatoms. The van der Waals surface area contributed by atoms with E-state index in [4.69, 9.17) is 0 Å². The average molecular weight is 298 g/mol. The minimum absolute atomic E-state index is 0.480. The second kappa shape index (κ2) is 5.91. The molecule has 2 aliphatic rings. The van der Waals surface area contributed by atoms with E-state index in [1.54, 1.807) is 10.4 Å². The molecule has 1 aliphatic carbocycles. The molecule has 0 spiro atoms. The maximum Gasteiger partial charge on any atom is 0.0338 e. The summed E-state index contributed by atoms with van der Waals surface area (Å²) in [5.41, 5.74) is 4.53. The van der Waals surface area contributed by atoms with E-state index in [2.05, 4.69) is 41.0 Å². The zero-order valence-corrected chi connectivity index (χ0v) is 13.1. The molecule has 2 aromatic rings. The topological polar surface area (TPSA) is 24.1 Å². The van der Waals surface area contributed by atoms with Gasteiger partial charge in [0.25, 0.3) is 0 Å². The normalized spacial score (nSPS) is 20.9. The molecular weight excluding hydrogens is 276 g/mol. The van der Waals surface area contributed by atoms with Gasteiger partial charge in [0.2, 0.25) is 0 Å². The largest absolute Gasteiger partial charge is 0.313 e. The van der Waals surface area contributed by atoms with Crippen molar-refractivity contribution in [2.75, 3.05) is 6.54 Å². The summed E-state index contributed by atoms with van der Waals surface area (Å²) in [6, 6.07) is 11.8. The van der Waals surface area contributed by atoms with Crippen LogP contribution in [-0.2, 0) is 25.9 Å². The number of aryl methyl sites for hydroxylation is 2. The standard InChI is InChI=1S/C18H22N2S/c1-2-6-16-14(4-1)11-19-9-8-17(16)20-12-15-10-13-5-3-7-18(13)21-15/h1-2,4,6,10,17,19-20H,3,5,7-9,11-12H2. The Morgan fingerprint density at radius 2 is 2.14 bits per heavy atom. The SMILES string of the molecule is c1ccc2c(c1)CNCCC2NCc1cc2c(s1)CCC2. The maximum atomic E-state index is 3.79. The van der Waals surface area contributed by atoms with Crippen molar-refractivity contribution >= 4 is 11.3 Å². The molecule has 2 nitrogen and oxygen atoms in total. The Morgan fingerprint density at radius 3 is 3.10 bits per heavy atom. The molecule has 0 saturated carbocycles. The van der Waals surface area contributed by atoms with Crippen molar-refractivity contribution < 1.29 is 0 Å². The van der Waals surface area contributed by atoms with Gasteiger partial charge in [0.1, 0.15) is 0 Å². The molecule has 4 rings (SSSR count). The highest BCUT2D eigenvalue weighted by Gasteiger charge is 2.19. The average Bonchev–Trinajstić information content (AvgIpc) is 3.02. The van der Waals surface area contributed by atoms with E-state index in [9.17, 15) is 0 Å². The van der Waals surface area contributed by atoms with Crippen molar-refractivity contribution in [1.29, 1.82) is 0 Å². The van der Waals surface area contributed by atoms with Crippen LogP contribution >= 0.6 is 11.3 Å². The maximum absolute atomic E-state index is 3.79. The Labute approximate surface area is 130 Å². The van der Waals surface area contributed by atoms with Crippen LogP contribution in [0.25, 0.3) is 0 Å². The Balaban J connectivity index is 1.48. The van der Waals surface area contributed by atoms with Gasteiger partial charge in [0, 0.05) is 28.9 Å². The van der Waals surface area contributed by atoms with Crippen LogP contribution in [0.4, 0.5) is 0 Å². The zero-order chi connectivity index (χ0) is 14.1. The quantitative estimate of drug-likeness (QED) is 0.905.